The molecular formula is C30H34ClF4NO3S. The fraction of sp³-hybridized carbons (Fsp3) is 0.567. The highest BCUT2D eigenvalue weighted by atomic mass is 35.5. The standard InChI is InChI=1S/C30H34ClF4NO3S/c1-18-14-22(15-19(2)40(18,38)39)27(37)36-13-12-29(17-20-4-8-24(31)9-5-20)25-10-7-23(28(3,32)30(33,34)35)16-21(25)6-11-26(29)36/h4-5,7-10,16,18-19,22,26H,6,11-15,17H2,1-3H3/t18-,19+,22+,26?,28?,29?. The molecule has 2 saturated heterocycles. The SMILES string of the molecule is C[C@@H]1C[C@H](C(=O)N2CCC3(Cc4ccc(Cl)cc4)c4ccc(C(C)(F)C(F)(F)F)cc4CCC23)C[C@H](C)S1(=O)=O. The van der Waals surface area contributed by atoms with Gasteiger partial charge in [0.2, 0.25) is 11.6 Å². The van der Waals surface area contributed by atoms with Gasteiger partial charge >= 0.3 is 6.18 Å². The Labute approximate surface area is 238 Å². The third-order valence-electron chi connectivity index (χ3n) is 9.64. The van der Waals surface area contributed by atoms with Crippen molar-refractivity contribution in [3.05, 3.63) is 69.7 Å². The first-order valence-corrected chi connectivity index (χ1v) is 15.7. The molecule has 3 aliphatic rings. The monoisotopic (exact) mass is 599 g/mol. The predicted octanol–water partition coefficient (Wildman–Crippen LogP) is 6.72. The van der Waals surface area contributed by atoms with Crippen LogP contribution in [0, 0.1) is 5.92 Å². The highest BCUT2D eigenvalue weighted by Crippen LogP contribution is 2.51. The summed E-state index contributed by atoms with van der Waals surface area (Å²) in [4.78, 5) is 15.8. The average molecular weight is 600 g/mol. The Morgan fingerprint density at radius 2 is 1.68 bits per heavy atom. The van der Waals surface area contributed by atoms with Crippen LogP contribution in [0.1, 0.15) is 68.7 Å². The summed E-state index contributed by atoms with van der Waals surface area (Å²) in [6.07, 6.45) is -2.39. The van der Waals surface area contributed by atoms with Gasteiger partial charge in [-0.1, -0.05) is 41.9 Å². The fourth-order valence-corrected chi connectivity index (χ4v) is 9.17. The van der Waals surface area contributed by atoms with E-state index in [0.717, 1.165) is 11.1 Å². The van der Waals surface area contributed by atoms with E-state index in [1.165, 1.54) is 12.1 Å². The molecule has 0 radical (unpaired) electrons. The number of likely N-dealkylation sites (tertiary alicyclic amines) is 1. The van der Waals surface area contributed by atoms with Crippen molar-refractivity contribution in [1.29, 1.82) is 0 Å². The van der Waals surface area contributed by atoms with E-state index in [1.807, 2.05) is 17.0 Å². The maximum absolute atomic E-state index is 14.9. The molecule has 0 bridgehead atoms. The molecule has 218 valence electrons. The number of aryl methyl sites for hydroxylation is 1. The first-order chi connectivity index (χ1) is 18.6. The number of rotatable bonds is 4. The van der Waals surface area contributed by atoms with Crippen LogP contribution < -0.4 is 0 Å². The van der Waals surface area contributed by atoms with Crippen molar-refractivity contribution < 1.29 is 30.8 Å². The van der Waals surface area contributed by atoms with Crippen LogP contribution in [0.15, 0.2) is 42.5 Å². The third-order valence-corrected chi connectivity index (χ3v) is 12.5. The van der Waals surface area contributed by atoms with Gasteiger partial charge < -0.3 is 4.90 Å². The second-order valence-electron chi connectivity index (χ2n) is 12.0. The molecule has 40 heavy (non-hydrogen) atoms. The highest BCUT2D eigenvalue weighted by molar-refractivity contribution is 7.92. The van der Waals surface area contributed by atoms with E-state index in [-0.39, 0.29) is 24.8 Å². The lowest BCUT2D eigenvalue weighted by Gasteiger charge is -2.45. The minimum atomic E-state index is -5.04. The second-order valence-corrected chi connectivity index (χ2v) is 15.3. The summed E-state index contributed by atoms with van der Waals surface area (Å²) >= 11 is 6.11. The van der Waals surface area contributed by atoms with Crippen LogP contribution in [-0.2, 0) is 38.6 Å². The molecule has 0 aromatic heterocycles. The summed E-state index contributed by atoms with van der Waals surface area (Å²) in [5, 5.41) is -0.610. The quantitative estimate of drug-likeness (QED) is 0.367. The van der Waals surface area contributed by atoms with Crippen molar-refractivity contribution >= 4 is 27.3 Å². The minimum absolute atomic E-state index is 0.0509. The molecule has 0 spiro atoms. The molecule has 2 fully saturated rings. The zero-order valence-corrected chi connectivity index (χ0v) is 24.3. The van der Waals surface area contributed by atoms with Gasteiger partial charge in [0.1, 0.15) is 0 Å². The van der Waals surface area contributed by atoms with Crippen molar-refractivity contribution in [2.75, 3.05) is 6.54 Å². The van der Waals surface area contributed by atoms with E-state index < -0.39 is 49.1 Å². The van der Waals surface area contributed by atoms with E-state index >= 15 is 0 Å². The number of fused-ring (bicyclic) bond motifs is 3. The molecule has 5 rings (SSSR count). The van der Waals surface area contributed by atoms with E-state index in [2.05, 4.69) is 0 Å². The molecule has 2 aromatic rings. The van der Waals surface area contributed by atoms with Crippen LogP contribution in [0.5, 0.6) is 0 Å². The van der Waals surface area contributed by atoms with Gasteiger partial charge in [0.25, 0.3) is 0 Å². The molecule has 6 atom stereocenters. The Hall–Kier alpha value is -2.13. The van der Waals surface area contributed by atoms with Crippen molar-refractivity contribution in [2.24, 2.45) is 5.92 Å². The van der Waals surface area contributed by atoms with Crippen molar-refractivity contribution in [1.82, 2.24) is 4.90 Å². The number of carbonyl (C=O) groups excluding carboxylic acids is 1. The summed E-state index contributed by atoms with van der Waals surface area (Å²) in [6, 6.07) is 11.4. The number of carbonyl (C=O) groups is 1. The summed E-state index contributed by atoms with van der Waals surface area (Å²) < 4.78 is 80.6. The lowest BCUT2D eigenvalue weighted by molar-refractivity contribution is -0.228. The third kappa shape index (κ3) is 4.75. The summed E-state index contributed by atoms with van der Waals surface area (Å²) in [5.41, 5.74) is -1.96. The van der Waals surface area contributed by atoms with Crippen molar-refractivity contribution in [3.8, 4) is 0 Å². The average Bonchev–Trinajstić information content (AvgIpc) is 3.26. The number of hydrogen-bond donors (Lipinski definition) is 0. The number of amides is 1. The van der Waals surface area contributed by atoms with Gasteiger partial charge in [-0.3, -0.25) is 4.79 Å². The fourth-order valence-electron chi connectivity index (χ4n) is 7.25. The summed E-state index contributed by atoms with van der Waals surface area (Å²) in [7, 11) is -3.27. The largest absolute Gasteiger partial charge is 0.426 e. The van der Waals surface area contributed by atoms with Crippen LogP contribution in [-0.4, -0.2) is 48.5 Å². The first-order valence-electron chi connectivity index (χ1n) is 13.7. The van der Waals surface area contributed by atoms with Crippen LogP contribution >= 0.6 is 11.6 Å². The lowest BCUT2D eigenvalue weighted by atomic mass is 9.63. The number of benzene rings is 2. The van der Waals surface area contributed by atoms with Gasteiger partial charge in [-0.25, -0.2) is 12.8 Å². The van der Waals surface area contributed by atoms with E-state index in [0.29, 0.717) is 49.7 Å². The number of nitrogens with zero attached hydrogens (tertiary/aromatic N) is 1. The van der Waals surface area contributed by atoms with E-state index in [9.17, 15) is 30.8 Å². The van der Waals surface area contributed by atoms with Gasteiger partial charge in [-0.05, 0) is 93.7 Å². The van der Waals surface area contributed by atoms with Crippen LogP contribution in [0.3, 0.4) is 0 Å². The molecule has 1 aliphatic carbocycles. The first kappa shape index (κ1) is 29.4. The van der Waals surface area contributed by atoms with Gasteiger partial charge in [-0.15, -0.1) is 0 Å². The van der Waals surface area contributed by atoms with Crippen LogP contribution in [0.4, 0.5) is 17.6 Å². The Bertz CT molecular complexity index is 1390. The Morgan fingerprint density at radius 3 is 2.27 bits per heavy atom. The molecule has 2 aromatic carbocycles. The maximum atomic E-state index is 14.9. The number of alkyl halides is 4. The van der Waals surface area contributed by atoms with Gasteiger partial charge in [0.15, 0.2) is 9.84 Å². The number of halogens is 5. The zero-order chi connectivity index (χ0) is 29.3. The lowest BCUT2D eigenvalue weighted by Crippen LogP contribution is -2.52. The highest BCUT2D eigenvalue weighted by Gasteiger charge is 2.56. The molecule has 0 N–H and O–H groups in total. The minimum Gasteiger partial charge on any atom is -0.339 e. The second kappa shape index (κ2) is 10.0. The van der Waals surface area contributed by atoms with Crippen LogP contribution in [0.25, 0.3) is 0 Å². The van der Waals surface area contributed by atoms with Crippen molar-refractivity contribution in [3.63, 3.8) is 0 Å². The smallest absolute Gasteiger partial charge is 0.339 e. The number of sulfone groups is 1. The molecule has 0 saturated carbocycles. The Morgan fingerprint density at radius 1 is 1.05 bits per heavy atom. The molecule has 10 heteroatoms. The molecule has 2 aliphatic heterocycles. The summed E-state index contributed by atoms with van der Waals surface area (Å²) in [5.74, 6) is -0.451. The topological polar surface area (TPSA) is 54.5 Å². The number of hydrogen-bond acceptors (Lipinski definition) is 3. The van der Waals surface area contributed by atoms with Crippen molar-refractivity contribution in [2.45, 2.75) is 93.1 Å². The zero-order valence-electron chi connectivity index (χ0n) is 22.8. The molecule has 1 amide bonds. The Balaban J connectivity index is 1.53. The molecule has 2 heterocycles. The Kier molecular flexibility index (Phi) is 7.34. The molecule has 3 unspecified atom stereocenters. The summed E-state index contributed by atoms with van der Waals surface area (Å²) in [6.45, 7) is 4.34. The predicted molar refractivity (Wildman–Crippen MR) is 147 cm³/mol. The molecular weight excluding hydrogens is 566 g/mol. The normalized spacial score (nSPS) is 31.2. The van der Waals surface area contributed by atoms with Gasteiger partial charge in [0, 0.05) is 28.9 Å². The van der Waals surface area contributed by atoms with E-state index in [4.69, 9.17) is 11.6 Å². The van der Waals surface area contributed by atoms with Gasteiger partial charge in [0.05, 0.1) is 10.5 Å². The van der Waals surface area contributed by atoms with Crippen LogP contribution in [0.2, 0.25) is 5.02 Å². The van der Waals surface area contributed by atoms with Gasteiger partial charge in [-0.2, -0.15) is 13.2 Å². The molecule has 4 nitrogen and oxygen atoms in total. The maximum Gasteiger partial charge on any atom is 0.426 e. The van der Waals surface area contributed by atoms with E-state index in [1.54, 1.807) is 32.0 Å².